The van der Waals surface area contributed by atoms with Gasteiger partial charge in [0, 0.05) is 23.5 Å². The van der Waals surface area contributed by atoms with Crippen molar-refractivity contribution in [2.75, 3.05) is 5.73 Å². The van der Waals surface area contributed by atoms with Crippen molar-refractivity contribution in [2.45, 2.75) is 77.0 Å². The summed E-state index contributed by atoms with van der Waals surface area (Å²) in [5.41, 5.74) is 4.57. The Morgan fingerprint density at radius 3 is 2.59 bits per heavy atom. The summed E-state index contributed by atoms with van der Waals surface area (Å²) in [7, 11) is -4.30. The number of para-hydroxylation sites is 1. The smallest absolute Gasteiger partial charge is 0.459 e. The molecule has 7 atom stereocenters. The second-order valence-electron chi connectivity index (χ2n) is 9.96. The summed E-state index contributed by atoms with van der Waals surface area (Å²) >= 11 is 0. The molecule has 2 unspecified atom stereocenters. The van der Waals surface area contributed by atoms with E-state index in [4.69, 9.17) is 24.3 Å². The lowest BCUT2D eigenvalue weighted by molar-refractivity contribution is -0.149. The number of fused-ring (bicyclic) bond motifs is 1. The van der Waals surface area contributed by atoms with Gasteiger partial charge in [0.25, 0.3) is 0 Å². The van der Waals surface area contributed by atoms with Crippen LogP contribution in [0.4, 0.5) is 10.1 Å². The van der Waals surface area contributed by atoms with E-state index >= 15 is 4.39 Å². The molecule has 1 fully saturated rings. The first kappa shape index (κ1) is 29.0. The number of halogens is 1. The fraction of sp³-hybridized carbons (Fsp3) is 0.462. The number of esters is 1. The van der Waals surface area contributed by atoms with E-state index in [1.165, 1.54) is 31.5 Å². The van der Waals surface area contributed by atoms with E-state index in [0.717, 1.165) is 0 Å². The Balaban J connectivity index is 1.59. The first-order chi connectivity index (χ1) is 18.3. The standard InChI is InChI=1S/C26H34FN4O7P/c1-15(2)35-24(33)16(3)30-39(34,38-18-9-7-6-8-10-18)37-17(4)21-22(32)26(5,27)25(36-21)31-14-12-19-20(28)11-13-29-23(19)31/h6-17,21-22,25,32H,1-5H3,(H2,28,29)(H,30,34)/t16-,17?,21+,22+,25+,26+,39?/m0/s1. The molecule has 4 rings (SSSR count). The van der Waals surface area contributed by atoms with Gasteiger partial charge in [0.1, 0.15) is 29.6 Å². The van der Waals surface area contributed by atoms with Crippen LogP contribution < -0.4 is 15.3 Å². The van der Waals surface area contributed by atoms with Gasteiger partial charge in [-0.1, -0.05) is 18.2 Å². The number of ether oxygens (including phenoxy) is 2. The van der Waals surface area contributed by atoms with Gasteiger partial charge in [-0.15, -0.1) is 0 Å². The number of benzene rings is 1. The molecule has 212 valence electrons. The molecule has 11 nitrogen and oxygen atoms in total. The zero-order valence-electron chi connectivity index (χ0n) is 22.4. The number of rotatable bonds is 10. The third-order valence-electron chi connectivity index (χ3n) is 6.35. The number of hydrogen-bond donors (Lipinski definition) is 3. The summed E-state index contributed by atoms with van der Waals surface area (Å²) in [6.45, 7) is 7.49. The third-order valence-corrected chi connectivity index (χ3v) is 8.12. The fourth-order valence-corrected chi connectivity index (χ4v) is 6.09. The van der Waals surface area contributed by atoms with Crippen LogP contribution in [-0.2, 0) is 23.4 Å². The fourth-order valence-electron chi connectivity index (χ4n) is 4.40. The molecule has 0 spiro atoms. The molecule has 4 N–H and O–H groups in total. The average molecular weight is 565 g/mol. The zero-order valence-corrected chi connectivity index (χ0v) is 23.2. The molecule has 1 saturated heterocycles. The van der Waals surface area contributed by atoms with E-state index in [-0.39, 0.29) is 5.75 Å². The zero-order chi connectivity index (χ0) is 28.5. The highest BCUT2D eigenvalue weighted by atomic mass is 31.2. The SMILES string of the molecule is CC(C)OC(=O)[C@H](C)NP(=O)(Oc1ccccc1)OC(C)[C@H]1O[C@@H](n2ccc3c(N)ccnc32)[C@](C)(F)[C@@H]1O. The Morgan fingerprint density at radius 2 is 1.92 bits per heavy atom. The number of nitrogen functional groups attached to an aromatic ring is 1. The van der Waals surface area contributed by atoms with Crippen LogP contribution in [0.25, 0.3) is 11.0 Å². The first-order valence-corrected chi connectivity index (χ1v) is 14.1. The monoisotopic (exact) mass is 564 g/mol. The number of anilines is 1. The average Bonchev–Trinajstić information content (AvgIpc) is 3.38. The van der Waals surface area contributed by atoms with E-state index in [1.54, 1.807) is 62.5 Å². The molecule has 39 heavy (non-hydrogen) atoms. The molecule has 2 aromatic heterocycles. The molecule has 1 aliphatic rings. The van der Waals surface area contributed by atoms with E-state index in [1.807, 2.05) is 0 Å². The predicted octanol–water partition coefficient (Wildman–Crippen LogP) is 4.13. The Morgan fingerprint density at radius 1 is 1.23 bits per heavy atom. The summed E-state index contributed by atoms with van der Waals surface area (Å²) in [6.07, 6.45) is -2.73. The summed E-state index contributed by atoms with van der Waals surface area (Å²) in [6, 6.07) is 10.4. The van der Waals surface area contributed by atoms with Gasteiger partial charge in [-0.2, -0.15) is 5.09 Å². The van der Waals surface area contributed by atoms with Crippen LogP contribution in [0.3, 0.4) is 0 Å². The molecule has 3 heterocycles. The number of nitrogens with two attached hydrogens (primary N) is 1. The molecular weight excluding hydrogens is 530 g/mol. The van der Waals surface area contributed by atoms with Gasteiger partial charge in [0.05, 0.1) is 12.2 Å². The van der Waals surface area contributed by atoms with Gasteiger partial charge in [0.15, 0.2) is 11.9 Å². The van der Waals surface area contributed by atoms with Crippen molar-refractivity contribution < 1.29 is 37.4 Å². The lowest BCUT2D eigenvalue weighted by Crippen LogP contribution is -2.44. The maximum Gasteiger partial charge on any atom is 0.459 e. The molecule has 0 aliphatic carbocycles. The predicted molar refractivity (Wildman–Crippen MR) is 143 cm³/mol. The number of carbonyl (C=O) groups is 1. The number of carbonyl (C=O) groups excluding carboxylic acids is 1. The van der Waals surface area contributed by atoms with E-state index in [0.29, 0.717) is 16.7 Å². The third kappa shape index (κ3) is 6.10. The van der Waals surface area contributed by atoms with Crippen LogP contribution >= 0.6 is 7.75 Å². The number of aromatic nitrogens is 2. The minimum absolute atomic E-state index is 0.202. The van der Waals surface area contributed by atoms with Crippen LogP contribution in [0.5, 0.6) is 5.75 Å². The van der Waals surface area contributed by atoms with E-state index < -0.39 is 56.1 Å². The Bertz CT molecular complexity index is 1350. The van der Waals surface area contributed by atoms with Crippen LogP contribution in [-0.4, -0.2) is 56.8 Å². The lowest BCUT2D eigenvalue weighted by Gasteiger charge is -2.29. The number of aliphatic hydroxyl groups excluding tert-OH is 1. The highest BCUT2D eigenvalue weighted by Gasteiger charge is 2.57. The molecule has 0 bridgehead atoms. The molecule has 0 radical (unpaired) electrons. The normalized spacial score (nSPS) is 26.3. The van der Waals surface area contributed by atoms with Crippen LogP contribution in [0.1, 0.15) is 40.8 Å². The molecule has 0 saturated carbocycles. The van der Waals surface area contributed by atoms with Gasteiger partial charge in [-0.3, -0.25) is 9.32 Å². The van der Waals surface area contributed by atoms with Gasteiger partial charge in [-0.05, 0) is 58.9 Å². The largest absolute Gasteiger partial charge is 0.462 e. The number of nitrogens with one attached hydrogen (secondary N) is 1. The number of hydrogen-bond acceptors (Lipinski definition) is 9. The topological polar surface area (TPSA) is 147 Å². The van der Waals surface area contributed by atoms with Crippen LogP contribution in [0.15, 0.2) is 54.9 Å². The Labute approximate surface area is 226 Å². The molecule has 13 heteroatoms. The van der Waals surface area contributed by atoms with Gasteiger partial charge in [0.2, 0.25) is 0 Å². The summed E-state index contributed by atoms with van der Waals surface area (Å²) in [4.78, 5) is 16.7. The number of nitrogens with zero attached hydrogens (tertiary/aromatic N) is 2. The van der Waals surface area contributed by atoms with Crippen molar-refractivity contribution in [3.63, 3.8) is 0 Å². The molecule has 3 aromatic rings. The second-order valence-corrected chi connectivity index (χ2v) is 11.6. The highest BCUT2D eigenvalue weighted by Crippen LogP contribution is 2.50. The maximum absolute atomic E-state index is 16.0. The van der Waals surface area contributed by atoms with Gasteiger partial charge >= 0.3 is 13.7 Å². The number of pyridine rings is 1. The minimum atomic E-state index is -4.30. The van der Waals surface area contributed by atoms with Crippen molar-refractivity contribution >= 4 is 30.4 Å². The quantitative estimate of drug-likeness (QED) is 0.243. The molecular formula is C26H34FN4O7P. The van der Waals surface area contributed by atoms with E-state index in [2.05, 4.69) is 10.1 Å². The van der Waals surface area contributed by atoms with Crippen molar-refractivity contribution in [1.29, 1.82) is 0 Å². The van der Waals surface area contributed by atoms with Crippen molar-refractivity contribution in [2.24, 2.45) is 0 Å². The highest BCUT2D eigenvalue weighted by molar-refractivity contribution is 7.52. The van der Waals surface area contributed by atoms with Gasteiger partial charge in [-0.25, -0.2) is 13.9 Å². The molecule has 0 amide bonds. The summed E-state index contributed by atoms with van der Waals surface area (Å²) in [5, 5.41) is 14.2. The second kappa shape index (κ2) is 11.2. The Kier molecular flexibility index (Phi) is 8.34. The first-order valence-electron chi connectivity index (χ1n) is 12.6. The van der Waals surface area contributed by atoms with E-state index in [9.17, 15) is 14.5 Å². The van der Waals surface area contributed by atoms with Crippen molar-refractivity contribution in [3.8, 4) is 5.75 Å². The van der Waals surface area contributed by atoms with Crippen LogP contribution in [0, 0.1) is 0 Å². The molecule has 1 aliphatic heterocycles. The lowest BCUT2D eigenvalue weighted by atomic mass is 9.96. The number of aliphatic hydroxyl groups is 1. The maximum atomic E-state index is 16.0. The minimum Gasteiger partial charge on any atom is -0.462 e. The molecule has 1 aromatic carbocycles. The summed E-state index contributed by atoms with van der Waals surface area (Å²) in [5.74, 6) is -0.466. The Hall–Kier alpha value is -3.02. The van der Waals surface area contributed by atoms with Gasteiger partial charge < -0.3 is 29.4 Å². The summed E-state index contributed by atoms with van der Waals surface area (Å²) < 4.78 is 54.0. The number of alkyl halides is 1. The van der Waals surface area contributed by atoms with Crippen molar-refractivity contribution in [3.05, 3.63) is 54.9 Å². The van der Waals surface area contributed by atoms with Crippen molar-refractivity contribution in [1.82, 2.24) is 14.6 Å². The van der Waals surface area contributed by atoms with Crippen LogP contribution in [0.2, 0.25) is 0 Å².